The van der Waals surface area contributed by atoms with Crippen LogP contribution in [0.4, 0.5) is 0 Å². The molecule has 3 atom stereocenters. The predicted molar refractivity (Wildman–Crippen MR) is 116 cm³/mol. The van der Waals surface area contributed by atoms with Crippen molar-refractivity contribution >= 4 is 11.7 Å². The van der Waals surface area contributed by atoms with E-state index in [-0.39, 0.29) is 29.4 Å². The minimum atomic E-state index is -0.755. The predicted octanol–water partition coefficient (Wildman–Crippen LogP) is 3.28. The Hall–Kier alpha value is -3.12. The number of aliphatic hydroxyl groups excluding tert-OH is 2. The highest BCUT2D eigenvalue weighted by atomic mass is 16.3. The number of carbonyl (C=O) groups excluding carboxylic acids is 2. The van der Waals surface area contributed by atoms with Crippen molar-refractivity contribution in [2.24, 2.45) is 5.92 Å². The zero-order chi connectivity index (χ0) is 22.4. The highest BCUT2D eigenvalue weighted by Gasteiger charge is 2.38. The third-order valence-electron chi connectivity index (χ3n) is 5.07. The van der Waals surface area contributed by atoms with Crippen molar-refractivity contribution in [2.45, 2.75) is 46.3 Å². The molecule has 1 aliphatic rings. The Labute approximate surface area is 176 Å². The highest BCUT2D eigenvalue weighted by molar-refractivity contribution is 6.27. The van der Waals surface area contributed by atoms with Gasteiger partial charge in [0.2, 0.25) is 0 Å². The number of benzene rings is 1. The Bertz CT molecular complexity index is 919. The van der Waals surface area contributed by atoms with Crippen molar-refractivity contribution in [3.63, 3.8) is 0 Å². The van der Waals surface area contributed by atoms with E-state index in [1.807, 2.05) is 26.0 Å². The minimum absolute atomic E-state index is 0.0144. The average Bonchev–Trinajstić information content (AvgIpc) is 2.95. The van der Waals surface area contributed by atoms with Gasteiger partial charge in [0.1, 0.15) is 17.1 Å². The van der Waals surface area contributed by atoms with Crippen LogP contribution in [-0.2, 0) is 16.0 Å². The first-order valence-corrected chi connectivity index (χ1v) is 9.88. The summed E-state index contributed by atoms with van der Waals surface area (Å²) in [5, 5.41) is 32.0. The van der Waals surface area contributed by atoms with Crippen LogP contribution in [0.1, 0.15) is 33.3 Å². The van der Waals surface area contributed by atoms with E-state index in [2.05, 4.69) is 5.32 Å². The third kappa shape index (κ3) is 5.94. The fourth-order valence-corrected chi connectivity index (χ4v) is 3.05. The van der Waals surface area contributed by atoms with Crippen molar-refractivity contribution in [3.05, 3.63) is 76.6 Å². The maximum Gasteiger partial charge on any atom is 0.259 e. The van der Waals surface area contributed by atoms with Crippen LogP contribution in [0.25, 0.3) is 0 Å². The summed E-state index contributed by atoms with van der Waals surface area (Å²) >= 11 is 0. The van der Waals surface area contributed by atoms with Gasteiger partial charge in [-0.1, -0.05) is 48.9 Å². The summed E-state index contributed by atoms with van der Waals surface area (Å²) in [6.45, 7) is 7.17. The fourth-order valence-electron chi connectivity index (χ4n) is 3.05. The lowest BCUT2D eigenvalue weighted by Gasteiger charge is -2.09. The Balaban J connectivity index is 2.14. The van der Waals surface area contributed by atoms with Crippen molar-refractivity contribution in [2.75, 3.05) is 0 Å². The molecule has 1 saturated heterocycles. The minimum Gasteiger partial charge on any atom is -0.508 e. The third-order valence-corrected chi connectivity index (χ3v) is 5.07. The highest BCUT2D eigenvalue weighted by Crippen LogP contribution is 2.22. The van der Waals surface area contributed by atoms with E-state index in [0.717, 1.165) is 11.1 Å². The van der Waals surface area contributed by atoms with Gasteiger partial charge in [-0.2, -0.15) is 0 Å². The quantitative estimate of drug-likeness (QED) is 0.238. The molecule has 160 valence electrons. The number of aromatic hydroxyl groups is 1. The van der Waals surface area contributed by atoms with E-state index >= 15 is 0 Å². The van der Waals surface area contributed by atoms with Crippen molar-refractivity contribution in [1.82, 2.24) is 5.32 Å². The Kier molecular flexibility index (Phi) is 7.78. The molecule has 1 amide bonds. The fraction of sp³-hybridized carbons (Fsp3) is 0.333. The number of rotatable bonds is 7. The van der Waals surface area contributed by atoms with Crippen molar-refractivity contribution in [3.8, 4) is 5.75 Å². The van der Waals surface area contributed by atoms with Crippen LogP contribution in [0.5, 0.6) is 5.75 Å². The van der Waals surface area contributed by atoms with Crippen LogP contribution in [0.3, 0.4) is 0 Å². The summed E-state index contributed by atoms with van der Waals surface area (Å²) in [6, 6.07) is 5.64. The summed E-state index contributed by atoms with van der Waals surface area (Å²) in [6.07, 6.45) is 6.93. The van der Waals surface area contributed by atoms with Crippen LogP contribution in [0.15, 0.2) is 71.0 Å². The topological polar surface area (TPSA) is 107 Å². The lowest BCUT2D eigenvalue weighted by molar-refractivity contribution is -0.117. The SMILES string of the molecule is CC(/C=C/C=C(\C)C(O)=C1C(=O)N[C@@H](Cc2ccc(O)cc2)C1=O)=C\[C@H](C)[C@@H](C)O. The van der Waals surface area contributed by atoms with Gasteiger partial charge in [0.05, 0.1) is 12.1 Å². The van der Waals surface area contributed by atoms with E-state index in [1.54, 1.807) is 38.1 Å². The lowest BCUT2D eigenvalue weighted by atomic mass is 9.99. The lowest BCUT2D eigenvalue weighted by Crippen LogP contribution is -2.31. The first kappa shape index (κ1) is 23.2. The number of amides is 1. The molecule has 4 N–H and O–H groups in total. The number of hydrogen-bond acceptors (Lipinski definition) is 5. The maximum absolute atomic E-state index is 12.7. The number of nitrogens with one attached hydrogen (secondary N) is 1. The summed E-state index contributed by atoms with van der Waals surface area (Å²) in [4.78, 5) is 25.0. The largest absolute Gasteiger partial charge is 0.508 e. The van der Waals surface area contributed by atoms with E-state index < -0.39 is 23.8 Å². The molecule has 0 spiro atoms. The Morgan fingerprint density at radius 1 is 1.17 bits per heavy atom. The molecule has 0 radical (unpaired) electrons. The molecule has 2 rings (SSSR count). The standard InChI is InChI=1S/C24H29NO5/c1-14(12-16(3)17(4)26)6-5-7-15(2)22(28)21-23(29)20(25-24(21)30)13-18-8-10-19(27)11-9-18/h5-12,16-17,20,26-28H,13H2,1-4H3,(H,25,30)/b6-5+,14-12+,15-7+,22-21?/t16-,17+,20-/m0/s1. The van der Waals surface area contributed by atoms with Crippen molar-refractivity contribution < 1.29 is 24.9 Å². The van der Waals surface area contributed by atoms with Crippen LogP contribution in [-0.4, -0.2) is 39.2 Å². The van der Waals surface area contributed by atoms with Gasteiger partial charge in [-0.15, -0.1) is 0 Å². The molecule has 1 aliphatic heterocycles. The molecule has 6 nitrogen and oxygen atoms in total. The second-order valence-corrected chi connectivity index (χ2v) is 7.70. The summed E-state index contributed by atoms with van der Waals surface area (Å²) in [5.74, 6) is -1.25. The van der Waals surface area contributed by atoms with Gasteiger partial charge in [-0.25, -0.2) is 0 Å². The number of carbonyl (C=O) groups is 2. The molecule has 0 aromatic heterocycles. The van der Waals surface area contributed by atoms with Crippen LogP contribution in [0, 0.1) is 5.92 Å². The van der Waals surface area contributed by atoms with Crippen LogP contribution in [0.2, 0.25) is 0 Å². The first-order valence-electron chi connectivity index (χ1n) is 9.88. The molecule has 1 heterocycles. The molecule has 30 heavy (non-hydrogen) atoms. The maximum atomic E-state index is 12.7. The molecular formula is C24H29NO5. The van der Waals surface area contributed by atoms with Gasteiger partial charge in [0.25, 0.3) is 5.91 Å². The zero-order valence-corrected chi connectivity index (χ0v) is 17.7. The number of Topliss-reactive ketones (excluding diaryl/α,β-unsaturated/α-hetero) is 1. The first-order chi connectivity index (χ1) is 14.1. The van der Waals surface area contributed by atoms with E-state index in [1.165, 1.54) is 12.1 Å². The zero-order valence-electron chi connectivity index (χ0n) is 17.7. The van der Waals surface area contributed by atoms with Crippen LogP contribution >= 0.6 is 0 Å². The average molecular weight is 411 g/mol. The number of hydrogen-bond donors (Lipinski definition) is 4. The monoisotopic (exact) mass is 411 g/mol. The molecule has 0 saturated carbocycles. The Morgan fingerprint density at radius 3 is 2.40 bits per heavy atom. The molecule has 0 unspecified atom stereocenters. The number of phenols is 1. The molecule has 0 aliphatic carbocycles. The molecular weight excluding hydrogens is 382 g/mol. The van der Waals surface area contributed by atoms with Crippen LogP contribution < -0.4 is 5.32 Å². The smallest absolute Gasteiger partial charge is 0.259 e. The second-order valence-electron chi connectivity index (χ2n) is 7.70. The van der Waals surface area contributed by atoms with Gasteiger partial charge < -0.3 is 20.6 Å². The summed E-state index contributed by atoms with van der Waals surface area (Å²) in [7, 11) is 0. The van der Waals surface area contributed by atoms with Gasteiger partial charge in [-0.3, -0.25) is 9.59 Å². The van der Waals surface area contributed by atoms with Gasteiger partial charge in [0.15, 0.2) is 5.78 Å². The number of allylic oxidation sites excluding steroid dienone is 5. The Morgan fingerprint density at radius 2 is 1.80 bits per heavy atom. The molecule has 1 fully saturated rings. The van der Waals surface area contributed by atoms with E-state index in [9.17, 15) is 24.9 Å². The van der Waals surface area contributed by atoms with Crippen molar-refractivity contribution in [1.29, 1.82) is 0 Å². The molecule has 0 bridgehead atoms. The van der Waals surface area contributed by atoms with Gasteiger partial charge in [-0.05, 0) is 44.0 Å². The number of aliphatic hydroxyl groups is 2. The summed E-state index contributed by atoms with van der Waals surface area (Å²) < 4.78 is 0. The van der Waals surface area contributed by atoms with Gasteiger partial charge >= 0.3 is 0 Å². The number of phenolic OH excluding ortho intramolecular Hbond substituents is 1. The van der Waals surface area contributed by atoms with E-state index in [0.29, 0.717) is 5.57 Å². The molecule has 1 aromatic carbocycles. The second kappa shape index (κ2) is 10.1. The van der Waals surface area contributed by atoms with E-state index in [4.69, 9.17) is 0 Å². The van der Waals surface area contributed by atoms with Gasteiger partial charge in [0, 0.05) is 12.3 Å². The molecule has 6 heteroatoms. The number of ketones is 1. The summed E-state index contributed by atoms with van der Waals surface area (Å²) in [5.41, 5.74) is 1.89. The molecule has 1 aromatic rings. The normalized spacial score (nSPS) is 21.7.